The lowest BCUT2D eigenvalue weighted by Crippen LogP contribution is -2.14. The summed E-state index contributed by atoms with van der Waals surface area (Å²) in [5, 5.41) is 9.63. The molecule has 0 amide bonds. The lowest BCUT2D eigenvalue weighted by atomic mass is 10.0. The van der Waals surface area contributed by atoms with Gasteiger partial charge in [-0.3, -0.25) is 0 Å². The van der Waals surface area contributed by atoms with E-state index >= 15 is 0 Å². The Hall–Kier alpha value is -2.69. The number of phenolic OH excluding ortho intramolecular Hbond substituents is 1. The number of aromatic hydroxyl groups is 1. The van der Waals surface area contributed by atoms with Crippen LogP contribution in [0.3, 0.4) is 0 Å². The van der Waals surface area contributed by atoms with Crippen molar-refractivity contribution in [2.24, 2.45) is 0 Å². The van der Waals surface area contributed by atoms with Crippen molar-refractivity contribution in [1.29, 1.82) is 0 Å². The molecular formula is C16H14O5. The first kappa shape index (κ1) is 13.3. The lowest BCUT2D eigenvalue weighted by Gasteiger charge is -2.18. The van der Waals surface area contributed by atoms with Crippen LogP contribution in [0, 0.1) is 6.92 Å². The number of benzene rings is 1. The SMILES string of the molecule is COc1cc(C2=Cc3c(cc(C)oc3=O)OC2)ccc1O. The number of aryl methyl sites for hydroxylation is 1. The van der Waals surface area contributed by atoms with E-state index in [1.165, 1.54) is 7.11 Å². The van der Waals surface area contributed by atoms with Crippen molar-refractivity contribution in [2.45, 2.75) is 6.92 Å². The molecule has 0 radical (unpaired) electrons. The summed E-state index contributed by atoms with van der Waals surface area (Å²) >= 11 is 0. The molecule has 2 heterocycles. The molecule has 3 rings (SSSR count). The second-order valence-electron chi connectivity index (χ2n) is 4.77. The van der Waals surface area contributed by atoms with Crippen molar-refractivity contribution < 1.29 is 19.0 Å². The van der Waals surface area contributed by atoms with E-state index < -0.39 is 5.63 Å². The maximum Gasteiger partial charge on any atom is 0.347 e. The highest BCUT2D eigenvalue weighted by molar-refractivity contribution is 5.85. The summed E-state index contributed by atoms with van der Waals surface area (Å²) < 4.78 is 15.8. The molecule has 1 aromatic carbocycles. The maximum atomic E-state index is 11.9. The fourth-order valence-corrected chi connectivity index (χ4v) is 2.26. The molecule has 0 fully saturated rings. The topological polar surface area (TPSA) is 68.9 Å². The Morgan fingerprint density at radius 2 is 2.10 bits per heavy atom. The fraction of sp³-hybridized carbons (Fsp3) is 0.188. The quantitative estimate of drug-likeness (QED) is 0.919. The van der Waals surface area contributed by atoms with Crippen LogP contribution in [-0.2, 0) is 0 Å². The molecular weight excluding hydrogens is 272 g/mol. The van der Waals surface area contributed by atoms with Crippen molar-refractivity contribution in [3.63, 3.8) is 0 Å². The zero-order chi connectivity index (χ0) is 15.0. The maximum absolute atomic E-state index is 11.9. The summed E-state index contributed by atoms with van der Waals surface area (Å²) in [5.74, 6) is 1.48. The number of fused-ring (bicyclic) bond motifs is 1. The smallest absolute Gasteiger partial charge is 0.347 e. The molecule has 0 aliphatic carbocycles. The van der Waals surface area contributed by atoms with Crippen LogP contribution in [0.4, 0.5) is 0 Å². The molecule has 0 saturated carbocycles. The highest BCUT2D eigenvalue weighted by Crippen LogP contribution is 2.33. The van der Waals surface area contributed by atoms with E-state index in [-0.39, 0.29) is 5.75 Å². The van der Waals surface area contributed by atoms with E-state index in [0.29, 0.717) is 29.4 Å². The van der Waals surface area contributed by atoms with Crippen molar-refractivity contribution in [1.82, 2.24) is 0 Å². The summed E-state index contributed by atoms with van der Waals surface area (Å²) in [6, 6.07) is 6.68. The average molecular weight is 286 g/mol. The summed E-state index contributed by atoms with van der Waals surface area (Å²) in [6.45, 7) is 2.04. The van der Waals surface area contributed by atoms with Gasteiger partial charge in [0.25, 0.3) is 0 Å². The molecule has 5 nitrogen and oxygen atoms in total. The largest absolute Gasteiger partial charge is 0.504 e. The Balaban J connectivity index is 2.08. The zero-order valence-electron chi connectivity index (χ0n) is 11.7. The van der Waals surface area contributed by atoms with Crippen LogP contribution in [-0.4, -0.2) is 18.8 Å². The van der Waals surface area contributed by atoms with Gasteiger partial charge in [-0.05, 0) is 36.3 Å². The number of hydrogen-bond acceptors (Lipinski definition) is 5. The van der Waals surface area contributed by atoms with Gasteiger partial charge in [-0.2, -0.15) is 0 Å². The molecule has 0 unspecified atom stereocenters. The third-order valence-electron chi connectivity index (χ3n) is 3.33. The number of methoxy groups -OCH3 is 1. The Kier molecular flexibility index (Phi) is 3.17. The molecule has 2 aromatic rings. The molecule has 108 valence electrons. The van der Waals surface area contributed by atoms with Crippen LogP contribution in [0.1, 0.15) is 16.9 Å². The molecule has 1 aliphatic heterocycles. The standard InChI is InChI=1S/C16H14O5/c1-9-5-14-12(16(18)21-9)6-11(8-20-14)10-3-4-13(17)15(7-10)19-2/h3-7,17H,8H2,1-2H3. The Bertz CT molecular complexity index is 786. The molecule has 0 saturated heterocycles. The van der Waals surface area contributed by atoms with Gasteiger partial charge < -0.3 is 19.0 Å². The fourth-order valence-electron chi connectivity index (χ4n) is 2.26. The van der Waals surface area contributed by atoms with E-state index in [9.17, 15) is 9.90 Å². The van der Waals surface area contributed by atoms with Crippen LogP contribution < -0.4 is 15.1 Å². The van der Waals surface area contributed by atoms with Gasteiger partial charge in [0.2, 0.25) is 0 Å². The van der Waals surface area contributed by atoms with Gasteiger partial charge in [-0.15, -0.1) is 0 Å². The van der Waals surface area contributed by atoms with Gasteiger partial charge in [-0.1, -0.05) is 6.07 Å². The van der Waals surface area contributed by atoms with Crippen LogP contribution >= 0.6 is 0 Å². The predicted octanol–water partition coefficient (Wildman–Crippen LogP) is 2.60. The zero-order valence-corrected chi connectivity index (χ0v) is 11.7. The number of phenols is 1. The summed E-state index contributed by atoms with van der Waals surface area (Å²) in [5.41, 5.74) is 1.61. The van der Waals surface area contributed by atoms with Crippen molar-refractivity contribution in [3.05, 3.63) is 51.6 Å². The second-order valence-corrected chi connectivity index (χ2v) is 4.77. The highest BCUT2D eigenvalue weighted by Gasteiger charge is 2.18. The van der Waals surface area contributed by atoms with Crippen molar-refractivity contribution in [3.8, 4) is 17.2 Å². The first-order valence-electron chi connectivity index (χ1n) is 6.44. The Morgan fingerprint density at radius 1 is 1.29 bits per heavy atom. The van der Waals surface area contributed by atoms with E-state index in [4.69, 9.17) is 13.9 Å². The predicted molar refractivity (Wildman–Crippen MR) is 77.7 cm³/mol. The van der Waals surface area contributed by atoms with Gasteiger partial charge in [0, 0.05) is 6.07 Å². The Morgan fingerprint density at radius 3 is 2.86 bits per heavy atom. The van der Waals surface area contributed by atoms with Crippen LogP contribution in [0.25, 0.3) is 11.6 Å². The minimum atomic E-state index is -0.423. The average Bonchev–Trinajstić information content (AvgIpc) is 2.47. The molecule has 0 atom stereocenters. The van der Waals surface area contributed by atoms with E-state index in [0.717, 1.165) is 11.1 Å². The molecule has 0 spiro atoms. The third-order valence-corrected chi connectivity index (χ3v) is 3.33. The summed E-state index contributed by atoms with van der Waals surface area (Å²) in [6.07, 6.45) is 1.75. The molecule has 1 aliphatic rings. The molecule has 1 aromatic heterocycles. The second kappa shape index (κ2) is 5.01. The number of hydrogen-bond donors (Lipinski definition) is 1. The minimum absolute atomic E-state index is 0.0640. The monoisotopic (exact) mass is 286 g/mol. The van der Waals surface area contributed by atoms with E-state index in [1.54, 1.807) is 37.3 Å². The lowest BCUT2D eigenvalue weighted by molar-refractivity contribution is 0.353. The van der Waals surface area contributed by atoms with Gasteiger partial charge in [0.15, 0.2) is 11.5 Å². The summed E-state index contributed by atoms with van der Waals surface area (Å²) in [4.78, 5) is 11.9. The van der Waals surface area contributed by atoms with Gasteiger partial charge in [0.1, 0.15) is 23.7 Å². The van der Waals surface area contributed by atoms with Gasteiger partial charge >= 0.3 is 5.63 Å². The van der Waals surface area contributed by atoms with Crippen molar-refractivity contribution in [2.75, 3.05) is 13.7 Å². The third kappa shape index (κ3) is 2.38. The van der Waals surface area contributed by atoms with Crippen LogP contribution in [0.5, 0.6) is 17.2 Å². The van der Waals surface area contributed by atoms with E-state index in [1.807, 2.05) is 0 Å². The number of rotatable bonds is 2. The van der Waals surface area contributed by atoms with E-state index in [2.05, 4.69) is 0 Å². The van der Waals surface area contributed by atoms with Gasteiger partial charge in [-0.25, -0.2) is 4.79 Å². The highest BCUT2D eigenvalue weighted by atomic mass is 16.5. The minimum Gasteiger partial charge on any atom is -0.504 e. The first-order chi connectivity index (χ1) is 10.1. The van der Waals surface area contributed by atoms with Crippen LogP contribution in [0.15, 0.2) is 33.5 Å². The first-order valence-corrected chi connectivity index (χ1v) is 6.44. The molecule has 5 heteroatoms. The molecule has 21 heavy (non-hydrogen) atoms. The van der Waals surface area contributed by atoms with Crippen LogP contribution in [0.2, 0.25) is 0 Å². The Labute approximate surface area is 121 Å². The number of ether oxygens (including phenoxy) is 2. The normalized spacial score (nSPS) is 13.1. The van der Waals surface area contributed by atoms with Crippen molar-refractivity contribution >= 4 is 11.6 Å². The summed E-state index contributed by atoms with van der Waals surface area (Å²) in [7, 11) is 1.48. The van der Waals surface area contributed by atoms with Gasteiger partial charge in [0.05, 0.1) is 7.11 Å². The molecule has 1 N–H and O–H groups in total. The molecule has 0 bridgehead atoms.